The molecule has 2 aromatic carbocycles. The van der Waals surface area contributed by atoms with Gasteiger partial charge in [0.2, 0.25) is 0 Å². The number of carbonyl (C=O) groups is 2. The number of rotatable bonds is 15. The van der Waals surface area contributed by atoms with Crippen molar-refractivity contribution in [2.45, 2.75) is 19.3 Å². The lowest BCUT2D eigenvalue weighted by Gasteiger charge is -2.13. The molecule has 0 aromatic heterocycles. The summed E-state index contributed by atoms with van der Waals surface area (Å²) in [6.45, 7) is 2.73. The van der Waals surface area contributed by atoms with Crippen molar-refractivity contribution in [3.05, 3.63) is 47.5 Å². The van der Waals surface area contributed by atoms with Crippen molar-refractivity contribution in [2.24, 2.45) is 0 Å². The minimum Gasteiger partial charge on any atom is -0.493 e. The van der Waals surface area contributed by atoms with Gasteiger partial charge in [0, 0.05) is 13.1 Å². The molecule has 0 aliphatic heterocycles. The quantitative estimate of drug-likeness (QED) is 0.341. The summed E-state index contributed by atoms with van der Waals surface area (Å²) < 4.78 is 21.1. The van der Waals surface area contributed by atoms with Crippen LogP contribution in [0.3, 0.4) is 0 Å². The van der Waals surface area contributed by atoms with E-state index in [1.165, 1.54) is 28.4 Å². The molecule has 0 spiro atoms. The minimum absolute atomic E-state index is 0.188. The van der Waals surface area contributed by atoms with E-state index in [2.05, 4.69) is 16.0 Å². The predicted octanol–water partition coefficient (Wildman–Crippen LogP) is 2.64. The number of unbranched alkanes of at least 4 members (excludes halogenated alkanes) is 1. The second-order valence-corrected chi connectivity index (χ2v) is 7.40. The number of benzene rings is 2. The third kappa shape index (κ3) is 7.55. The number of hydrogen-bond donors (Lipinski definition) is 3. The second kappa shape index (κ2) is 14.6. The van der Waals surface area contributed by atoms with Gasteiger partial charge in [-0.3, -0.25) is 9.59 Å². The van der Waals surface area contributed by atoms with Crippen LogP contribution in [0.4, 0.5) is 0 Å². The number of hydrogen-bond acceptors (Lipinski definition) is 7. The highest BCUT2D eigenvalue weighted by Crippen LogP contribution is 2.31. The molecule has 0 unspecified atom stereocenters. The smallest absolute Gasteiger partial charge is 0.255 e. The van der Waals surface area contributed by atoms with Crippen LogP contribution in [0.15, 0.2) is 36.4 Å². The van der Waals surface area contributed by atoms with Crippen LogP contribution in [-0.4, -0.2) is 66.4 Å². The average molecular weight is 474 g/mol. The van der Waals surface area contributed by atoms with Crippen LogP contribution in [-0.2, 0) is 0 Å². The summed E-state index contributed by atoms with van der Waals surface area (Å²) in [7, 11) is 6.11. The average Bonchev–Trinajstić information content (AvgIpc) is 2.88. The minimum atomic E-state index is -0.195. The van der Waals surface area contributed by atoms with Crippen LogP contribution in [0, 0.1) is 0 Å². The number of carbonyl (C=O) groups excluding carboxylic acids is 2. The largest absolute Gasteiger partial charge is 0.493 e. The monoisotopic (exact) mass is 473 g/mol. The van der Waals surface area contributed by atoms with Crippen molar-refractivity contribution in [1.29, 1.82) is 0 Å². The third-order valence-corrected chi connectivity index (χ3v) is 5.18. The molecule has 9 heteroatoms. The Kier molecular flexibility index (Phi) is 11.5. The Morgan fingerprint density at radius 3 is 1.53 bits per heavy atom. The lowest BCUT2D eigenvalue weighted by molar-refractivity contribution is 0.0940. The summed E-state index contributed by atoms with van der Waals surface area (Å²) in [5, 5.41) is 9.16. The molecular weight excluding hydrogens is 438 g/mol. The summed E-state index contributed by atoms with van der Waals surface area (Å²) in [6.07, 6.45) is 2.56. The third-order valence-electron chi connectivity index (χ3n) is 5.18. The zero-order valence-corrected chi connectivity index (χ0v) is 20.4. The van der Waals surface area contributed by atoms with Crippen LogP contribution in [0.5, 0.6) is 23.0 Å². The van der Waals surface area contributed by atoms with Crippen LogP contribution < -0.4 is 34.9 Å². The van der Waals surface area contributed by atoms with Gasteiger partial charge >= 0.3 is 0 Å². The first-order chi connectivity index (χ1) is 16.6. The van der Waals surface area contributed by atoms with Crippen LogP contribution in [0.25, 0.3) is 0 Å². The van der Waals surface area contributed by atoms with E-state index in [-0.39, 0.29) is 11.8 Å². The van der Waals surface area contributed by atoms with E-state index >= 15 is 0 Å². The van der Waals surface area contributed by atoms with Crippen molar-refractivity contribution in [2.75, 3.05) is 54.6 Å². The predicted molar refractivity (Wildman–Crippen MR) is 130 cm³/mol. The van der Waals surface area contributed by atoms with E-state index in [1.54, 1.807) is 36.4 Å². The maximum atomic E-state index is 12.4. The maximum Gasteiger partial charge on any atom is 0.255 e. The van der Waals surface area contributed by atoms with Gasteiger partial charge in [0.25, 0.3) is 11.8 Å². The van der Waals surface area contributed by atoms with E-state index in [1.807, 2.05) is 0 Å². The molecule has 186 valence electrons. The summed E-state index contributed by atoms with van der Waals surface area (Å²) >= 11 is 0. The van der Waals surface area contributed by atoms with Crippen molar-refractivity contribution >= 4 is 11.8 Å². The van der Waals surface area contributed by atoms with Gasteiger partial charge in [0.05, 0.1) is 39.6 Å². The number of amides is 2. The van der Waals surface area contributed by atoms with Gasteiger partial charge in [-0.25, -0.2) is 0 Å². The number of nitrogens with one attached hydrogen (secondary N) is 3. The fourth-order valence-corrected chi connectivity index (χ4v) is 3.44. The Labute approximate surface area is 201 Å². The normalized spacial score (nSPS) is 10.4. The van der Waals surface area contributed by atoms with Gasteiger partial charge in [0.1, 0.15) is 0 Å². The molecule has 0 saturated carbocycles. The molecule has 34 heavy (non-hydrogen) atoms. The zero-order valence-electron chi connectivity index (χ0n) is 20.4. The summed E-state index contributed by atoms with van der Waals surface area (Å²) in [6, 6.07) is 10.4. The van der Waals surface area contributed by atoms with E-state index in [9.17, 15) is 9.59 Å². The fraction of sp³-hybridized carbons (Fsp3) is 0.440. The molecule has 0 saturated heterocycles. The van der Waals surface area contributed by atoms with Gasteiger partial charge in [-0.05, 0) is 56.6 Å². The van der Waals surface area contributed by atoms with Crippen molar-refractivity contribution < 1.29 is 28.5 Å². The first kappa shape index (κ1) is 26.8. The number of methoxy groups -OCH3 is 4. The summed E-state index contributed by atoms with van der Waals surface area (Å²) in [5.41, 5.74) is 0.900. The molecule has 0 heterocycles. The van der Waals surface area contributed by atoms with E-state index in [0.717, 1.165) is 32.4 Å². The van der Waals surface area contributed by atoms with Crippen LogP contribution >= 0.6 is 0 Å². The zero-order chi connectivity index (χ0) is 24.8. The second-order valence-electron chi connectivity index (χ2n) is 7.40. The SMILES string of the molecule is COc1cccc(C(=O)NCCCCNCCCNC(=O)c2cccc(OC)c2OC)c1OC. The Balaban J connectivity index is 1.58. The molecule has 9 nitrogen and oxygen atoms in total. The highest BCUT2D eigenvalue weighted by Gasteiger charge is 2.16. The molecule has 0 aliphatic carbocycles. The molecule has 0 aliphatic rings. The van der Waals surface area contributed by atoms with Crippen LogP contribution in [0.2, 0.25) is 0 Å². The molecule has 0 bridgehead atoms. The highest BCUT2D eigenvalue weighted by atomic mass is 16.5. The van der Waals surface area contributed by atoms with E-state index < -0.39 is 0 Å². The maximum absolute atomic E-state index is 12.4. The van der Waals surface area contributed by atoms with Gasteiger partial charge in [-0.2, -0.15) is 0 Å². The lowest BCUT2D eigenvalue weighted by atomic mass is 10.1. The standard InChI is InChI=1S/C25H35N3O6/c1-31-20-12-7-10-18(22(20)33-3)24(29)27-16-6-5-14-26-15-9-17-28-25(30)19-11-8-13-21(32-2)23(19)34-4/h7-8,10-13,26H,5-6,9,14-17H2,1-4H3,(H,27,29)(H,28,30). The first-order valence-corrected chi connectivity index (χ1v) is 11.3. The van der Waals surface area contributed by atoms with Gasteiger partial charge in [-0.15, -0.1) is 0 Å². The lowest BCUT2D eigenvalue weighted by Crippen LogP contribution is -2.28. The van der Waals surface area contributed by atoms with Gasteiger partial charge < -0.3 is 34.9 Å². The molecule has 2 aromatic rings. The van der Waals surface area contributed by atoms with E-state index in [4.69, 9.17) is 18.9 Å². The molecule has 0 radical (unpaired) electrons. The molecule has 3 N–H and O–H groups in total. The molecule has 2 amide bonds. The Morgan fingerprint density at radius 2 is 1.06 bits per heavy atom. The molecular formula is C25H35N3O6. The highest BCUT2D eigenvalue weighted by molar-refractivity contribution is 5.98. The number of para-hydroxylation sites is 2. The Hall–Kier alpha value is -3.46. The summed E-state index contributed by atoms with van der Waals surface area (Å²) in [4.78, 5) is 24.8. The fourth-order valence-electron chi connectivity index (χ4n) is 3.44. The topological polar surface area (TPSA) is 107 Å². The van der Waals surface area contributed by atoms with Crippen molar-refractivity contribution in [3.63, 3.8) is 0 Å². The van der Waals surface area contributed by atoms with Gasteiger partial charge in [-0.1, -0.05) is 12.1 Å². The van der Waals surface area contributed by atoms with Gasteiger partial charge in [0.15, 0.2) is 23.0 Å². The van der Waals surface area contributed by atoms with E-state index in [0.29, 0.717) is 47.2 Å². The van der Waals surface area contributed by atoms with Crippen LogP contribution in [0.1, 0.15) is 40.0 Å². The molecule has 0 fully saturated rings. The molecule has 0 atom stereocenters. The Bertz CT molecular complexity index is 859. The van der Waals surface area contributed by atoms with Crippen molar-refractivity contribution in [3.8, 4) is 23.0 Å². The van der Waals surface area contributed by atoms with Crippen molar-refractivity contribution in [1.82, 2.24) is 16.0 Å². The number of ether oxygens (including phenoxy) is 4. The Morgan fingerprint density at radius 1 is 0.618 bits per heavy atom. The first-order valence-electron chi connectivity index (χ1n) is 11.3. The molecule has 2 rings (SSSR count). The summed E-state index contributed by atoms with van der Waals surface area (Å²) in [5.74, 6) is 1.53.